The number of carbonyl (C=O) groups is 2. The summed E-state index contributed by atoms with van der Waals surface area (Å²) in [6.07, 6.45) is 0. The number of rotatable bonds is 3. The molecule has 0 heterocycles. The Balaban J connectivity index is 2.49. The van der Waals surface area contributed by atoms with E-state index in [2.05, 4.69) is 5.32 Å². The number of nitrogens with one attached hydrogen (secondary N) is 1. The lowest BCUT2D eigenvalue weighted by molar-refractivity contribution is -0.153. The summed E-state index contributed by atoms with van der Waals surface area (Å²) in [6.45, 7) is 5.14. The fourth-order valence-electron chi connectivity index (χ4n) is 1.31. The Morgan fingerprint density at radius 3 is 2.56 bits per heavy atom. The molecule has 1 rings (SSSR count). The second kappa shape index (κ2) is 5.53. The number of nitrogen functional groups attached to an aromatic ring is 1. The number of benzene rings is 1. The summed E-state index contributed by atoms with van der Waals surface area (Å²) in [5.41, 5.74) is 5.92. The number of ether oxygens (including phenoxy) is 1. The molecule has 1 amide bonds. The van der Waals surface area contributed by atoms with Gasteiger partial charge in [0.05, 0.1) is 0 Å². The van der Waals surface area contributed by atoms with Crippen molar-refractivity contribution in [3.05, 3.63) is 29.8 Å². The Hall–Kier alpha value is -2.04. The van der Waals surface area contributed by atoms with Crippen molar-refractivity contribution in [3.8, 4) is 0 Å². The monoisotopic (exact) mass is 250 g/mol. The van der Waals surface area contributed by atoms with Gasteiger partial charge < -0.3 is 15.8 Å². The van der Waals surface area contributed by atoms with Gasteiger partial charge in [0.1, 0.15) is 12.1 Å². The van der Waals surface area contributed by atoms with Gasteiger partial charge in [0.25, 0.3) is 5.91 Å². The van der Waals surface area contributed by atoms with Crippen molar-refractivity contribution in [2.75, 3.05) is 12.3 Å². The van der Waals surface area contributed by atoms with Crippen molar-refractivity contribution < 1.29 is 14.3 Å². The first-order valence-corrected chi connectivity index (χ1v) is 5.63. The Kier molecular flexibility index (Phi) is 4.31. The van der Waals surface area contributed by atoms with Crippen LogP contribution in [0.2, 0.25) is 0 Å². The maximum absolute atomic E-state index is 11.7. The van der Waals surface area contributed by atoms with E-state index >= 15 is 0 Å². The fourth-order valence-corrected chi connectivity index (χ4v) is 1.31. The van der Waals surface area contributed by atoms with E-state index in [0.29, 0.717) is 11.3 Å². The highest BCUT2D eigenvalue weighted by Crippen LogP contribution is 2.07. The average Bonchev–Trinajstić information content (AvgIpc) is 2.23. The molecule has 0 saturated carbocycles. The van der Waals surface area contributed by atoms with Gasteiger partial charge >= 0.3 is 5.97 Å². The summed E-state index contributed by atoms with van der Waals surface area (Å²) >= 11 is 0. The molecule has 0 spiro atoms. The summed E-state index contributed by atoms with van der Waals surface area (Å²) in [7, 11) is 0. The summed E-state index contributed by atoms with van der Waals surface area (Å²) in [6, 6.07) is 6.54. The molecule has 0 aliphatic rings. The molecule has 98 valence electrons. The van der Waals surface area contributed by atoms with Crippen LogP contribution in [-0.2, 0) is 9.53 Å². The normalized spacial score (nSPS) is 10.8. The Labute approximate surface area is 106 Å². The molecule has 0 unspecified atom stereocenters. The zero-order valence-corrected chi connectivity index (χ0v) is 10.8. The van der Waals surface area contributed by atoms with Crippen LogP contribution >= 0.6 is 0 Å². The summed E-state index contributed by atoms with van der Waals surface area (Å²) < 4.78 is 5.07. The largest absolute Gasteiger partial charge is 0.459 e. The number of anilines is 1. The number of carbonyl (C=O) groups excluding carboxylic acids is 2. The van der Waals surface area contributed by atoms with Gasteiger partial charge in [-0.05, 0) is 39.0 Å². The van der Waals surface area contributed by atoms with Crippen LogP contribution in [0.3, 0.4) is 0 Å². The van der Waals surface area contributed by atoms with Gasteiger partial charge in [-0.15, -0.1) is 0 Å². The number of amides is 1. The molecule has 1 aromatic carbocycles. The fraction of sp³-hybridized carbons (Fsp3) is 0.385. The predicted molar refractivity (Wildman–Crippen MR) is 69.0 cm³/mol. The predicted octanol–water partition coefficient (Wildman–Crippen LogP) is 1.34. The lowest BCUT2D eigenvalue weighted by atomic mass is 10.2. The Morgan fingerprint density at radius 1 is 1.33 bits per heavy atom. The minimum absolute atomic E-state index is 0.162. The van der Waals surface area contributed by atoms with Crippen molar-refractivity contribution in [2.45, 2.75) is 26.4 Å². The van der Waals surface area contributed by atoms with Gasteiger partial charge in [-0.1, -0.05) is 6.07 Å². The minimum atomic E-state index is -0.557. The van der Waals surface area contributed by atoms with Gasteiger partial charge in [-0.25, -0.2) is 0 Å². The smallest absolute Gasteiger partial charge is 0.325 e. The van der Waals surface area contributed by atoms with Crippen LogP contribution < -0.4 is 11.1 Å². The first kappa shape index (κ1) is 14.0. The van der Waals surface area contributed by atoms with E-state index in [1.54, 1.807) is 45.0 Å². The highest BCUT2D eigenvalue weighted by molar-refractivity contribution is 5.96. The van der Waals surface area contributed by atoms with E-state index in [1.807, 2.05) is 0 Å². The molecule has 5 heteroatoms. The van der Waals surface area contributed by atoms with Crippen molar-refractivity contribution in [1.29, 1.82) is 0 Å². The topological polar surface area (TPSA) is 81.4 Å². The summed E-state index contributed by atoms with van der Waals surface area (Å²) in [5.74, 6) is -0.826. The molecule has 0 atom stereocenters. The van der Waals surface area contributed by atoms with Crippen LogP contribution in [-0.4, -0.2) is 24.0 Å². The zero-order valence-electron chi connectivity index (χ0n) is 10.8. The Morgan fingerprint density at radius 2 is 2.00 bits per heavy atom. The average molecular weight is 250 g/mol. The van der Waals surface area contributed by atoms with Crippen molar-refractivity contribution in [3.63, 3.8) is 0 Å². The van der Waals surface area contributed by atoms with E-state index in [0.717, 1.165) is 0 Å². The molecule has 0 fully saturated rings. The van der Waals surface area contributed by atoms with Crippen LogP contribution in [0.5, 0.6) is 0 Å². The molecule has 0 saturated heterocycles. The number of hydrogen-bond acceptors (Lipinski definition) is 4. The maximum atomic E-state index is 11.7. The molecular formula is C13H18N2O3. The van der Waals surface area contributed by atoms with E-state index < -0.39 is 11.6 Å². The molecular weight excluding hydrogens is 232 g/mol. The van der Waals surface area contributed by atoms with Gasteiger partial charge in [-0.2, -0.15) is 0 Å². The second-order valence-corrected chi connectivity index (χ2v) is 4.89. The van der Waals surface area contributed by atoms with Crippen LogP contribution in [0.25, 0.3) is 0 Å². The van der Waals surface area contributed by atoms with Gasteiger partial charge in [0.15, 0.2) is 0 Å². The van der Waals surface area contributed by atoms with Crippen LogP contribution in [0.1, 0.15) is 31.1 Å². The van der Waals surface area contributed by atoms with Crippen LogP contribution in [0.15, 0.2) is 24.3 Å². The molecule has 3 N–H and O–H groups in total. The molecule has 0 aliphatic carbocycles. The van der Waals surface area contributed by atoms with Crippen LogP contribution in [0.4, 0.5) is 5.69 Å². The lowest BCUT2D eigenvalue weighted by Crippen LogP contribution is -2.34. The standard InChI is InChI=1S/C13H18N2O3/c1-13(2,3)18-11(16)8-15-12(17)9-5-4-6-10(14)7-9/h4-7H,8,14H2,1-3H3,(H,15,17). The number of esters is 1. The molecule has 0 aliphatic heterocycles. The maximum Gasteiger partial charge on any atom is 0.325 e. The Bertz CT molecular complexity index is 450. The number of hydrogen-bond donors (Lipinski definition) is 2. The highest BCUT2D eigenvalue weighted by atomic mass is 16.6. The SMILES string of the molecule is CC(C)(C)OC(=O)CNC(=O)c1cccc(N)c1. The van der Waals surface area contributed by atoms with Gasteiger partial charge in [0, 0.05) is 11.3 Å². The molecule has 0 radical (unpaired) electrons. The molecule has 1 aromatic rings. The highest BCUT2D eigenvalue weighted by Gasteiger charge is 2.16. The zero-order chi connectivity index (χ0) is 13.8. The third-order valence-corrected chi connectivity index (χ3v) is 1.96. The van der Waals surface area contributed by atoms with E-state index in [9.17, 15) is 9.59 Å². The third-order valence-electron chi connectivity index (χ3n) is 1.96. The van der Waals surface area contributed by atoms with Crippen molar-refractivity contribution in [1.82, 2.24) is 5.32 Å². The minimum Gasteiger partial charge on any atom is -0.459 e. The number of nitrogens with two attached hydrogens (primary N) is 1. The van der Waals surface area contributed by atoms with E-state index in [4.69, 9.17) is 10.5 Å². The van der Waals surface area contributed by atoms with E-state index in [-0.39, 0.29) is 12.5 Å². The van der Waals surface area contributed by atoms with Gasteiger partial charge in [0.2, 0.25) is 0 Å². The first-order valence-electron chi connectivity index (χ1n) is 5.63. The quantitative estimate of drug-likeness (QED) is 0.626. The van der Waals surface area contributed by atoms with E-state index in [1.165, 1.54) is 0 Å². The first-order chi connectivity index (χ1) is 8.28. The third kappa shape index (κ3) is 4.86. The van der Waals surface area contributed by atoms with Gasteiger partial charge in [-0.3, -0.25) is 9.59 Å². The lowest BCUT2D eigenvalue weighted by Gasteiger charge is -2.19. The molecule has 0 aromatic heterocycles. The summed E-state index contributed by atoms with van der Waals surface area (Å²) in [5, 5.41) is 2.48. The van der Waals surface area contributed by atoms with Crippen molar-refractivity contribution in [2.24, 2.45) is 0 Å². The molecule has 18 heavy (non-hydrogen) atoms. The second-order valence-electron chi connectivity index (χ2n) is 4.89. The molecule has 0 bridgehead atoms. The molecule has 5 nitrogen and oxygen atoms in total. The summed E-state index contributed by atoms with van der Waals surface area (Å²) in [4.78, 5) is 23.1. The van der Waals surface area contributed by atoms with Crippen molar-refractivity contribution >= 4 is 17.6 Å². The van der Waals surface area contributed by atoms with Crippen LogP contribution in [0, 0.1) is 0 Å².